The minimum atomic E-state index is -0.0944. The molecule has 0 spiro atoms. The van der Waals surface area contributed by atoms with Crippen molar-refractivity contribution in [2.45, 2.75) is 32.0 Å². The van der Waals surface area contributed by atoms with Gasteiger partial charge in [0.15, 0.2) is 0 Å². The van der Waals surface area contributed by atoms with Gasteiger partial charge in [-0.2, -0.15) is 0 Å². The summed E-state index contributed by atoms with van der Waals surface area (Å²) in [4.78, 5) is 16.4. The highest BCUT2D eigenvalue weighted by atomic mass is 32.1. The van der Waals surface area contributed by atoms with Crippen molar-refractivity contribution in [3.63, 3.8) is 0 Å². The summed E-state index contributed by atoms with van der Waals surface area (Å²) in [5, 5.41) is 12.5. The van der Waals surface area contributed by atoms with Gasteiger partial charge in [0.25, 0.3) is 0 Å². The molecule has 0 aliphatic carbocycles. The summed E-state index contributed by atoms with van der Waals surface area (Å²) in [5.74, 6) is -0.0944. The molecule has 1 aromatic heterocycles. The Bertz CT molecular complexity index is 449. The molecule has 0 unspecified atom stereocenters. The number of hydrogen-bond donors (Lipinski definition) is 2. The van der Waals surface area contributed by atoms with Gasteiger partial charge in [0.2, 0.25) is 5.91 Å². The predicted molar refractivity (Wildman–Crippen MR) is 78.8 cm³/mol. The highest BCUT2D eigenvalue weighted by molar-refractivity contribution is 7.11. The van der Waals surface area contributed by atoms with Crippen molar-refractivity contribution in [1.82, 2.24) is 10.2 Å². The van der Waals surface area contributed by atoms with E-state index in [2.05, 4.69) is 29.3 Å². The van der Waals surface area contributed by atoms with E-state index in [1.807, 2.05) is 0 Å². The maximum Gasteiger partial charge on any atom is 0.246 e. The minimum absolute atomic E-state index is 0.0877. The van der Waals surface area contributed by atoms with Gasteiger partial charge in [0.05, 0.1) is 6.61 Å². The largest absolute Gasteiger partial charge is 0.395 e. The number of hydrogen-bond acceptors (Lipinski definition) is 5. The molecule has 112 valence electrons. The van der Waals surface area contributed by atoms with Crippen molar-refractivity contribution >= 4 is 17.2 Å². The van der Waals surface area contributed by atoms with Crippen molar-refractivity contribution in [2.24, 2.45) is 0 Å². The van der Waals surface area contributed by atoms with E-state index in [-0.39, 0.29) is 31.2 Å². The van der Waals surface area contributed by atoms with Crippen LogP contribution in [0.4, 0.5) is 0 Å². The second kappa shape index (κ2) is 7.17. The van der Waals surface area contributed by atoms with Crippen LogP contribution in [0.1, 0.15) is 16.2 Å². The topological polar surface area (TPSA) is 61.8 Å². The third kappa shape index (κ3) is 4.02. The number of thiophene rings is 1. The van der Waals surface area contributed by atoms with E-state index in [4.69, 9.17) is 4.74 Å². The molecule has 0 bridgehead atoms. The lowest BCUT2D eigenvalue weighted by atomic mass is 10.2. The second-order valence-corrected chi connectivity index (χ2v) is 6.58. The van der Waals surface area contributed by atoms with Gasteiger partial charge in [0, 0.05) is 42.0 Å². The molecule has 2 heterocycles. The molecule has 1 saturated heterocycles. The van der Waals surface area contributed by atoms with E-state index in [1.165, 1.54) is 16.9 Å². The molecule has 2 N–H and O–H groups in total. The molecule has 1 aliphatic rings. The number of rotatable bonds is 6. The number of nitrogens with zero attached hydrogens (tertiary/aromatic N) is 1. The first-order chi connectivity index (χ1) is 9.62. The van der Waals surface area contributed by atoms with Crippen LogP contribution in [-0.4, -0.2) is 54.9 Å². The lowest BCUT2D eigenvalue weighted by Gasteiger charge is -2.21. The summed E-state index contributed by atoms with van der Waals surface area (Å²) in [6.07, 6.45) is 0.788. The Balaban J connectivity index is 1.90. The van der Waals surface area contributed by atoms with Crippen LogP contribution in [0.5, 0.6) is 0 Å². The fourth-order valence-corrected chi connectivity index (χ4v) is 3.56. The van der Waals surface area contributed by atoms with Gasteiger partial charge in [-0.15, -0.1) is 11.3 Å². The average Bonchev–Trinajstić information content (AvgIpc) is 2.96. The Morgan fingerprint density at radius 3 is 3.00 bits per heavy atom. The van der Waals surface area contributed by atoms with Gasteiger partial charge >= 0.3 is 0 Å². The summed E-state index contributed by atoms with van der Waals surface area (Å²) in [6.45, 7) is 3.92. The van der Waals surface area contributed by atoms with E-state index in [9.17, 15) is 9.90 Å². The number of amides is 1. The Hall–Kier alpha value is -0.950. The maximum absolute atomic E-state index is 11.5. The fourth-order valence-electron chi connectivity index (χ4n) is 2.64. The Morgan fingerprint density at radius 1 is 1.60 bits per heavy atom. The van der Waals surface area contributed by atoms with E-state index >= 15 is 0 Å². The molecule has 20 heavy (non-hydrogen) atoms. The number of methoxy groups -OCH3 is 1. The molecule has 1 fully saturated rings. The molecule has 2 rings (SSSR count). The normalized spacial score (nSPS) is 23.1. The molecule has 0 aromatic carbocycles. The molecule has 0 radical (unpaired) electrons. The standard InChI is InChI=1S/C14H22N2O3S/c1-10-3-4-13(20-10)7-16-6-11(5-12(16)8-17)15-14(18)9-19-2/h3-4,11-12,17H,5-9H2,1-2H3,(H,15,18)/t11-,12-/m0/s1. The highest BCUT2D eigenvalue weighted by Crippen LogP contribution is 2.23. The summed E-state index contributed by atoms with van der Waals surface area (Å²) < 4.78 is 4.82. The van der Waals surface area contributed by atoms with Gasteiger partial charge < -0.3 is 15.2 Å². The maximum atomic E-state index is 11.5. The zero-order valence-corrected chi connectivity index (χ0v) is 12.8. The third-order valence-electron chi connectivity index (χ3n) is 3.53. The van der Waals surface area contributed by atoms with Crippen LogP contribution in [0, 0.1) is 6.92 Å². The van der Waals surface area contributed by atoms with Crippen molar-refractivity contribution in [1.29, 1.82) is 0 Å². The number of ether oxygens (including phenoxy) is 1. The summed E-state index contributed by atoms with van der Waals surface area (Å²) in [7, 11) is 1.51. The lowest BCUT2D eigenvalue weighted by molar-refractivity contribution is -0.125. The summed E-state index contributed by atoms with van der Waals surface area (Å²) >= 11 is 1.78. The monoisotopic (exact) mass is 298 g/mol. The minimum Gasteiger partial charge on any atom is -0.395 e. The average molecular weight is 298 g/mol. The third-order valence-corrected chi connectivity index (χ3v) is 4.52. The van der Waals surface area contributed by atoms with Crippen molar-refractivity contribution in [2.75, 3.05) is 26.9 Å². The summed E-state index contributed by atoms with van der Waals surface area (Å²) in [5.41, 5.74) is 0. The number of aliphatic hydroxyl groups is 1. The summed E-state index contributed by atoms with van der Waals surface area (Å²) in [6, 6.07) is 4.45. The van der Waals surface area contributed by atoms with Crippen molar-refractivity contribution in [3.05, 3.63) is 21.9 Å². The van der Waals surface area contributed by atoms with Gasteiger partial charge in [-0.25, -0.2) is 0 Å². The Kier molecular flexibility index (Phi) is 5.54. The van der Waals surface area contributed by atoms with Gasteiger partial charge in [-0.05, 0) is 25.5 Å². The van der Waals surface area contributed by atoms with Crippen LogP contribution in [0.3, 0.4) is 0 Å². The zero-order valence-electron chi connectivity index (χ0n) is 12.0. The van der Waals surface area contributed by atoms with Gasteiger partial charge in [-0.1, -0.05) is 0 Å². The fraction of sp³-hybridized carbons (Fsp3) is 0.643. The number of carbonyl (C=O) groups excluding carboxylic acids is 1. The number of aliphatic hydroxyl groups excluding tert-OH is 1. The molecule has 1 amide bonds. The van der Waals surface area contributed by atoms with Crippen LogP contribution >= 0.6 is 11.3 Å². The molecule has 1 aliphatic heterocycles. The lowest BCUT2D eigenvalue weighted by Crippen LogP contribution is -2.38. The molecular formula is C14H22N2O3S. The van der Waals surface area contributed by atoms with Crippen LogP contribution in [-0.2, 0) is 16.1 Å². The predicted octanol–water partition coefficient (Wildman–Crippen LogP) is 0.754. The smallest absolute Gasteiger partial charge is 0.246 e. The van der Waals surface area contributed by atoms with E-state index in [0.717, 1.165) is 19.5 Å². The molecule has 0 saturated carbocycles. The number of likely N-dealkylation sites (tertiary alicyclic amines) is 1. The quantitative estimate of drug-likeness (QED) is 0.814. The number of aryl methyl sites for hydroxylation is 1. The van der Waals surface area contributed by atoms with Gasteiger partial charge in [-0.3, -0.25) is 9.69 Å². The van der Waals surface area contributed by atoms with Crippen LogP contribution in [0.25, 0.3) is 0 Å². The number of carbonyl (C=O) groups is 1. The molecule has 2 atom stereocenters. The first kappa shape index (κ1) is 15.4. The van der Waals surface area contributed by atoms with E-state index < -0.39 is 0 Å². The van der Waals surface area contributed by atoms with E-state index in [0.29, 0.717) is 0 Å². The molecule has 6 heteroatoms. The van der Waals surface area contributed by atoms with Crippen LogP contribution in [0.15, 0.2) is 12.1 Å². The van der Waals surface area contributed by atoms with Crippen LogP contribution < -0.4 is 5.32 Å². The number of nitrogens with one attached hydrogen (secondary N) is 1. The first-order valence-corrected chi connectivity index (χ1v) is 7.62. The highest BCUT2D eigenvalue weighted by Gasteiger charge is 2.32. The van der Waals surface area contributed by atoms with Crippen molar-refractivity contribution in [3.8, 4) is 0 Å². The van der Waals surface area contributed by atoms with Crippen molar-refractivity contribution < 1.29 is 14.6 Å². The van der Waals surface area contributed by atoms with E-state index in [1.54, 1.807) is 11.3 Å². The Labute approximate surface area is 123 Å². The Morgan fingerprint density at radius 2 is 2.40 bits per heavy atom. The molecular weight excluding hydrogens is 276 g/mol. The second-order valence-electron chi connectivity index (χ2n) is 5.21. The molecule has 1 aromatic rings. The van der Waals surface area contributed by atoms with Gasteiger partial charge in [0.1, 0.15) is 6.61 Å². The first-order valence-electron chi connectivity index (χ1n) is 6.81. The van der Waals surface area contributed by atoms with Crippen LogP contribution in [0.2, 0.25) is 0 Å². The zero-order chi connectivity index (χ0) is 14.5. The molecule has 5 nitrogen and oxygen atoms in total. The SMILES string of the molecule is COCC(=O)N[C@H]1C[C@@H](CO)N(Cc2ccc(C)s2)C1.